The smallest absolute Gasteiger partial charge is 0.195 e. The van der Waals surface area contributed by atoms with Gasteiger partial charge < -0.3 is 0 Å². The van der Waals surface area contributed by atoms with Crippen LogP contribution >= 0.6 is 0 Å². The molecule has 0 aliphatic rings. The molecule has 0 N–H and O–H groups in total. The number of carbonyl (C=O) groups excluding carboxylic acids is 1. The molecule has 0 radical (unpaired) electrons. The lowest BCUT2D eigenvalue weighted by atomic mass is 9.93. The summed E-state index contributed by atoms with van der Waals surface area (Å²) in [5.41, 5.74) is 2.24. The zero-order valence-electron chi connectivity index (χ0n) is 9.69. The van der Waals surface area contributed by atoms with E-state index in [0.717, 1.165) is 5.56 Å². The predicted octanol–water partition coefficient (Wildman–Crippen LogP) is 3.49. The van der Waals surface area contributed by atoms with Crippen LogP contribution in [0.3, 0.4) is 0 Å². The molecule has 0 heterocycles. The van der Waals surface area contributed by atoms with Gasteiger partial charge in [-0.25, -0.2) is 4.39 Å². The van der Waals surface area contributed by atoms with E-state index in [1.54, 1.807) is 18.2 Å². The molecule has 0 aliphatic carbocycles. The van der Waals surface area contributed by atoms with Crippen molar-refractivity contribution in [1.29, 1.82) is 0 Å². The maximum absolute atomic E-state index is 12.7. The highest BCUT2D eigenvalue weighted by Gasteiger charge is 2.15. The Hall–Kier alpha value is -2.40. The van der Waals surface area contributed by atoms with Gasteiger partial charge in [-0.3, -0.25) is 4.79 Å². The maximum atomic E-state index is 12.7. The van der Waals surface area contributed by atoms with Crippen molar-refractivity contribution < 1.29 is 9.18 Å². The van der Waals surface area contributed by atoms with Crippen LogP contribution in [0.5, 0.6) is 0 Å². The van der Waals surface area contributed by atoms with E-state index in [1.807, 2.05) is 30.3 Å². The molecule has 0 amide bonds. The van der Waals surface area contributed by atoms with E-state index in [-0.39, 0.29) is 5.56 Å². The first-order chi connectivity index (χ1) is 8.77. The fraction of sp³-hybridized carbons (Fsp3) is 0.0625. The second-order valence-corrected chi connectivity index (χ2v) is 3.80. The fourth-order valence-electron chi connectivity index (χ4n) is 1.90. The monoisotopic (exact) mass is 238 g/mol. The SMILES string of the molecule is C#Cc1cccc(-c2ccccc2)c1C(=O)CF. The molecule has 0 unspecified atom stereocenters. The van der Waals surface area contributed by atoms with Gasteiger partial charge >= 0.3 is 0 Å². The first kappa shape index (κ1) is 12.1. The molecular weight excluding hydrogens is 227 g/mol. The summed E-state index contributed by atoms with van der Waals surface area (Å²) in [5.74, 6) is 1.85. The van der Waals surface area contributed by atoms with Crippen molar-refractivity contribution in [1.82, 2.24) is 0 Å². The quantitative estimate of drug-likeness (QED) is 0.591. The summed E-state index contributed by atoms with van der Waals surface area (Å²) in [4.78, 5) is 11.7. The molecule has 2 heteroatoms. The number of Topliss-reactive ketones (excluding diaryl/α,β-unsaturated/α-hetero) is 1. The van der Waals surface area contributed by atoms with Gasteiger partial charge in [0.05, 0.1) is 0 Å². The lowest BCUT2D eigenvalue weighted by Gasteiger charge is -2.09. The molecule has 88 valence electrons. The number of rotatable bonds is 3. The third kappa shape index (κ3) is 2.16. The molecule has 0 aliphatic heterocycles. The lowest BCUT2D eigenvalue weighted by Crippen LogP contribution is -2.06. The van der Waals surface area contributed by atoms with Crippen molar-refractivity contribution in [3.8, 4) is 23.5 Å². The molecule has 0 atom stereocenters. The number of carbonyl (C=O) groups is 1. The van der Waals surface area contributed by atoms with E-state index in [1.165, 1.54) is 0 Å². The zero-order valence-corrected chi connectivity index (χ0v) is 9.69. The fourth-order valence-corrected chi connectivity index (χ4v) is 1.90. The second kappa shape index (κ2) is 5.29. The van der Waals surface area contributed by atoms with Crippen LogP contribution in [0, 0.1) is 12.3 Å². The van der Waals surface area contributed by atoms with Gasteiger partial charge in [-0.05, 0) is 17.2 Å². The van der Waals surface area contributed by atoms with Crippen LogP contribution in [-0.2, 0) is 0 Å². The molecule has 2 rings (SSSR count). The molecule has 2 aromatic carbocycles. The number of hydrogen-bond donors (Lipinski definition) is 0. The standard InChI is InChI=1S/C16H11FO/c1-2-12-9-6-10-14(16(12)15(18)11-17)13-7-4-3-5-8-13/h1,3-10H,11H2. The number of benzene rings is 2. The topological polar surface area (TPSA) is 17.1 Å². The minimum absolute atomic E-state index is 0.286. The van der Waals surface area contributed by atoms with E-state index < -0.39 is 12.5 Å². The van der Waals surface area contributed by atoms with Crippen LogP contribution in [0.1, 0.15) is 15.9 Å². The average Bonchev–Trinajstić information content (AvgIpc) is 2.46. The molecule has 0 fully saturated rings. The van der Waals surface area contributed by atoms with E-state index >= 15 is 0 Å². The molecule has 0 aromatic heterocycles. The van der Waals surface area contributed by atoms with Crippen LogP contribution < -0.4 is 0 Å². The van der Waals surface area contributed by atoms with Gasteiger partial charge in [0, 0.05) is 11.1 Å². The first-order valence-corrected chi connectivity index (χ1v) is 5.52. The summed E-state index contributed by atoms with van der Waals surface area (Å²) in [6.45, 7) is -1.04. The highest BCUT2D eigenvalue weighted by atomic mass is 19.1. The Labute approximate surface area is 105 Å². The maximum Gasteiger partial charge on any atom is 0.195 e. The van der Waals surface area contributed by atoms with E-state index in [9.17, 15) is 9.18 Å². The Morgan fingerprint density at radius 2 is 1.83 bits per heavy atom. The van der Waals surface area contributed by atoms with Crippen LogP contribution in [0.15, 0.2) is 48.5 Å². The van der Waals surface area contributed by atoms with Gasteiger partial charge in [-0.1, -0.05) is 48.4 Å². The first-order valence-electron chi connectivity index (χ1n) is 5.52. The summed E-state index contributed by atoms with van der Waals surface area (Å²) in [5, 5.41) is 0. The minimum atomic E-state index is -1.04. The van der Waals surface area contributed by atoms with Gasteiger partial charge in [0.15, 0.2) is 12.5 Å². The van der Waals surface area contributed by atoms with E-state index in [4.69, 9.17) is 6.42 Å². The zero-order chi connectivity index (χ0) is 13.0. The number of halogens is 1. The summed E-state index contributed by atoms with van der Waals surface area (Å²) in [6, 6.07) is 14.5. The molecule has 1 nitrogen and oxygen atoms in total. The average molecular weight is 238 g/mol. The number of alkyl halides is 1. The second-order valence-electron chi connectivity index (χ2n) is 3.80. The molecule has 18 heavy (non-hydrogen) atoms. The Balaban J connectivity index is 2.69. The predicted molar refractivity (Wildman–Crippen MR) is 70.1 cm³/mol. The molecule has 2 aromatic rings. The summed E-state index contributed by atoms with van der Waals surface area (Å²) < 4.78 is 12.7. The van der Waals surface area contributed by atoms with E-state index in [0.29, 0.717) is 11.1 Å². The van der Waals surface area contributed by atoms with Gasteiger partial charge in [0.2, 0.25) is 0 Å². The van der Waals surface area contributed by atoms with Gasteiger partial charge in [0.1, 0.15) is 0 Å². The van der Waals surface area contributed by atoms with Crippen molar-refractivity contribution in [2.24, 2.45) is 0 Å². The Kier molecular flexibility index (Phi) is 3.54. The van der Waals surface area contributed by atoms with Crippen molar-refractivity contribution in [2.45, 2.75) is 0 Å². The number of ketones is 1. The van der Waals surface area contributed by atoms with Crippen molar-refractivity contribution >= 4 is 5.78 Å². The normalized spacial score (nSPS) is 9.78. The molecule has 0 bridgehead atoms. The molecule has 0 saturated carbocycles. The van der Waals surface area contributed by atoms with Gasteiger partial charge in [-0.2, -0.15) is 0 Å². The van der Waals surface area contributed by atoms with Crippen LogP contribution in [0.4, 0.5) is 4.39 Å². The number of terminal acetylenes is 1. The molecular formula is C16H11FO. The highest BCUT2D eigenvalue weighted by Crippen LogP contribution is 2.26. The number of hydrogen-bond acceptors (Lipinski definition) is 1. The largest absolute Gasteiger partial charge is 0.291 e. The van der Waals surface area contributed by atoms with E-state index in [2.05, 4.69) is 5.92 Å². The van der Waals surface area contributed by atoms with Crippen molar-refractivity contribution in [3.63, 3.8) is 0 Å². The summed E-state index contributed by atoms with van der Waals surface area (Å²) >= 11 is 0. The highest BCUT2D eigenvalue weighted by molar-refractivity contribution is 6.05. The van der Waals surface area contributed by atoms with Gasteiger partial charge in [0.25, 0.3) is 0 Å². The summed E-state index contributed by atoms with van der Waals surface area (Å²) in [7, 11) is 0. The lowest BCUT2D eigenvalue weighted by molar-refractivity contribution is 0.0959. The third-order valence-corrected chi connectivity index (χ3v) is 2.70. The van der Waals surface area contributed by atoms with Crippen LogP contribution in [-0.4, -0.2) is 12.5 Å². The molecule has 0 spiro atoms. The van der Waals surface area contributed by atoms with Crippen LogP contribution in [0.2, 0.25) is 0 Å². The Morgan fingerprint density at radius 1 is 1.11 bits per heavy atom. The van der Waals surface area contributed by atoms with Crippen molar-refractivity contribution in [3.05, 3.63) is 59.7 Å². The van der Waals surface area contributed by atoms with Crippen molar-refractivity contribution in [2.75, 3.05) is 6.67 Å². The Bertz CT molecular complexity index is 609. The van der Waals surface area contributed by atoms with Crippen LogP contribution in [0.25, 0.3) is 11.1 Å². The third-order valence-electron chi connectivity index (χ3n) is 2.70. The minimum Gasteiger partial charge on any atom is -0.291 e. The van der Waals surface area contributed by atoms with Gasteiger partial charge in [-0.15, -0.1) is 6.42 Å². The molecule has 0 saturated heterocycles. The Morgan fingerprint density at radius 3 is 2.44 bits per heavy atom. The summed E-state index contributed by atoms with van der Waals surface area (Å²) in [6.07, 6.45) is 5.37.